The van der Waals surface area contributed by atoms with Crippen LogP contribution in [0.2, 0.25) is 0 Å². The number of hydrogen-bond acceptors (Lipinski definition) is 3. The number of methoxy groups -OCH3 is 1. The van der Waals surface area contributed by atoms with Crippen molar-refractivity contribution in [2.24, 2.45) is 5.92 Å². The number of benzene rings is 2. The minimum Gasteiger partial charge on any atom is -0.497 e. The van der Waals surface area contributed by atoms with Gasteiger partial charge in [0.05, 0.1) is 12.7 Å². The molecule has 1 aliphatic rings. The number of carboxylic acid groups (broad SMARTS) is 1. The Kier molecular flexibility index (Phi) is 4.82. The predicted molar refractivity (Wildman–Crippen MR) is 90.6 cm³/mol. The number of ether oxygens (including phenoxy) is 1. The SMILES string of the molecule is COc1ccc(C2Cc3c(cccc3C(F)(F)F)NC(=O)[C@H]2C(=O)O)cc1. The maximum absolute atomic E-state index is 13.4. The van der Waals surface area contributed by atoms with Crippen LogP contribution in [0.4, 0.5) is 18.9 Å². The summed E-state index contributed by atoms with van der Waals surface area (Å²) in [5.74, 6) is -4.21. The van der Waals surface area contributed by atoms with Crippen LogP contribution in [0.5, 0.6) is 5.75 Å². The highest BCUT2D eigenvalue weighted by Gasteiger charge is 2.42. The van der Waals surface area contributed by atoms with Gasteiger partial charge in [0.25, 0.3) is 0 Å². The summed E-state index contributed by atoms with van der Waals surface area (Å²) in [7, 11) is 1.46. The van der Waals surface area contributed by atoms with Gasteiger partial charge in [0.15, 0.2) is 0 Å². The van der Waals surface area contributed by atoms with Crippen LogP contribution in [0.1, 0.15) is 22.6 Å². The van der Waals surface area contributed by atoms with E-state index >= 15 is 0 Å². The standard InChI is InChI=1S/C19H16F3NO4/c1-27-11-7-5-10(6-8-11)12-9-13-14(19(20,21)22)3-2-4-15(13)23-17(24)16(12)18(25)26/h2-8,12,16H,9H2,1H3,(H,23,24)(H,25,26)/t12?,16-/m0/s1. The topological polar surface area (TPSA) is 75.6 Å². The van der Waals surface area contributed by atoms with Crippen molar-refractivity contribution in [3.8, 4) is 5.75 Å². The van der Waals surface area contributed by atoms with Crippen LogP contribution in [0.3, 0.4) is 0 Å². The molecule has 1 unspecified atom stereocenters. The van der Waals surface area contributed by atoms with Crippen LogP contribution in [0.15, 0.2) is 42.5 Å². The molecule has 2 aromatic carbocycles. The van der Waals surface area contributed by atoms with Gasteiger partial charge in [0.2, 0.25) is 5.91 Å². The second-order valence-corrected chi connectivity index (χ2v) is 6.22. The molecule has 142 valence electrons. The van der Waals surface area contributed by atoms with Crippen molar-refractivity contribution in [2.75, 3.05) is 12.4 Å². The molecule has 8 heteroatoms. The molecule has 0 bridgehead atoms. The molecule has 0 aromatic heterocycles. The molecule has 1 heterocycles. The lowest BCUT2D eigenvalue weighted by atomic mass is 9.81. The highest BCUT2D eigenvalue weighted by atomic mass is 19.4. The summed E-state index contributed by atoms with van der Waals surface area (Å²) in [6, 6.07) is 9.74. The number of halogens is 3. The van der Waals surface area contributed by atoms with E-state index in [0.29, 0.717) is 11.3 Å². The molecule has 1 aliphatic heterocycles. The lowest BCUT2D eigenvalue weighted by molar-refractivity contribution is -0.146. The average Bonchev–Trinajstić information content (AvgIpc) is 2.76. The monoisotopic (exact) mass is 379 g/mol. The van der Waals surface area contributed by atoms with Crippen molar-refractivity contribution >= 4 is 17.6 Å². The zero-order chi connectivity index (χ0) is 19.8. The van der Waals surface area contributed by atoms with E-state index in [-0.39, 0.29) is 17.7 Å². The van der Waals surface area contributed by atoms with Crippen molar-refractivity contribution < 1.29 is 32.6 Å². The molecule has 0 fully saturated rings. The minimum atomic E-state index is -4.62. The molecule has 2 aromatic rings. The van der Waals surface area contributed by atoms with Gasteiger partial charge in [-0.3, -0.25) is 9.59 Å². The third-order valence-corrected chi connectivity index (χ3v) is 4.66. The number of rotatable bonds is 3. The highest BCUT2D eigenvalue weighted by Crippen LogP contribution is 2.42. The molecule has 27 heavy (non-hydrogen) atoms. The Morgan fingerprint density at radius 2 is 1.85 bits per heavy atom. The summed E-state index contributed by atoms with van der Waals surface area (Å²) < 4.78 is 45.4. The number of fused-ring (bicyclic) bond motifs is 1. The van der Waals surface area contributed by atoms with Crippen LogP contribution in [-0.4, -0.2) is 24.1 Å². The predicted octanol–water partition coefficient (Wildman–Crippen LogP) is 3.69. The first-order chi connectivity index (χ1) is 12.7. The molecule has 2 atom stereocenters. The van der Waals surface area contributed by atoms with Gasteiger partial charge in [-0.05, 0) is 41.8 Å². The lowest BCUT2D eigenvalue weighted by Crippen LogP contribution is -2.33. The van der Waals surface area contributed by atoms with E-state index in [0.717, 1.165) is 6.07 Å². The van der Waals surface area contributed by atoms with Gasteiger partial charge in [-0.25, -0.2) is 0 Å². The van der Waals surface area contributed by atoms with Gasteiger partial charge in [0.1, 0.15) is 11.7 Å². The molecule has 3 rings (SSSR count). The van der Waals surface area contributed by atoms with E-state index in [9.17, 15) is 27.9 Å². The summed E-state index contributed by atoms with van der Waals surface area (Å²) in [6.07, 6.45) is -4.86. The van der Waals surface area contributed by atoms with Crippen LogP contribution in [0.25, 0.3) is 0 Å². The van der Waals surface area contributed by atoms with Crippen LogP contribution in [-0.2, 0) is 22.2 Å². The highest BCUT2D eigenvalue weighted by molar-refractivity contribution is 6.06. The molecule has 0 radical (unpaired) electrons. The second kappa shape index (κ2) is 6.94. The Labute approximate surface area is 152 Å². The fraction of sp³-hybridized carbons (Fsp3) is 0.263. The molecule has 5 nitrogen and oxygen atoms in total. The second-order valence-electron chi connectivity index (χ2n) is 6.22. The first-order valence-electron chi connectivity index (χ1n) is 8.09. The molecular formula is C19H16F3NO4. The van der Waals surface area contributed by atoms with Crippen LogP contribution in [0, 0.1) is 5.92 Å². The summed E-state index contributed by atoms with van der Waals surface area (Å²) >= 11 is 0. The minimum absolute atomic E-state index is 0.0166. The van der Waals surface area contributed by atoms with Crippen molar-refractivity contribution in [3.63, 3.8) is 0 Å². The van der Waals surface area contributed by atoms with Gasteiger partial charge < -0.3 is 15.2 Å². The number of carbonyl (C=O) groups excluding carboxylic acids is 1. The maximum Gasteiger partial charge on any atom is 0.416 e. The number of nitrogens with one attached hydrogen (secondary N) is 1. The van der Waals surface area contributed by atoms with Gasteiger partial charge in [-0.1, -0.05) is 18.2 Å². The quantitative estimate of drug-likeness (QED) is 0.798. The van der Waals surface area contributed by atoms with Crippen LogP contribution < -0.4 is 10.1 Å². The zero-order valence-electron chi connectivity index (χ0n) is 14.2. The Bertz CT molecular complexity index is 878. The van der Waals surface area contributed by atoms with Crippen molar-refractivity contribution in [3.05, 3.63) is 59.2 Å². The molecule has 1 amide bonds. The van der Waals surface area contributed by atoms with Crippen molar-refractivity contribution in [2.45, 2.75) is 18.5 Å². The Hall–Kier alpha value is -3.03. The number of carbonyl (C=O) groups is 2. The van der Waals surface area contributed by atoms with Gasteiger partial charge in [0, 0.05) is 11.6 Å². The number of anilines is 1. The van der Waals surface area contributed by atoms with Crippen LogP contribution >= 0.6 is 0 Å². The van der Waals surface area contributed by atoms with Gasteiger partial charge >= 0.3 is 12.1 Å². The first-order valence-corrected chi connectivity index (χ1v) is 8.09. The maximum atomic E-state index is 13.4. The molecule has 0 saturated heterocycles. The van der Waals surface area contributed by atoms with Crippen molar-refractivity contribution in [1.82, 2.24) is 0 Å². The fourth-order valence-corrected chi connectivity index (χ4v) is 3.37. The molecular weight excluding hydrogens is 363 g/mol. The number of carboxylic acids is 1. The Morgan fingerprint density at radius 1 is 1.19 bits per heavy atom. The third kappa shape index (κ3) is 3.60. The number of amides is 1. The van der Waals surface area contributed by atoms with E-state index < -0.39 is 35.5 Å². The molecule has 0 saturated carbocycles. The fourth-order valence-electron chi connectivity index (χ4n) is 3.37. The van der Waals surface area contributed by atoms with E-state index in [2.05, 4.69) is 5.32 Å². The normalized spacial score (nSPS) is 19.6. The number of alkyl halides is 3. The van der Waals surface area contributed by atoms with Gasteiger partial charge in [-0.2, -0.15) is 13.2 Å². The Balaban J connectivity index is 2.15. The summed E-state index contributed by atoms with van der Waals surface area (Å²) in [6.45, 7) is 0. The first kappa shape index (κ1) is 18.8. The van der Waals surface area contributed by atoms with Gasteiger partial charge in [-0.15, -0.1) is 0 Å². The van der Waals surface area contributed by atoms with E-state index in [4.69, 9.17) is 4.74 Å². The number of aliphatic carboxylic acids is 1. The largest absolute Gasteiger partial charge is 0.497 e. The number of hydrogen-bond donors (Lipinski definition) is 2. The molecule has 0 spiro atoms. The van der Waals surface area contributed by atoms with Crippen molar-refractivity contribution in [1.29, 1.82) is 0 Å². The van der Waals surface area contributed by atoms with E-state index in [1.165, 1.54) is 19.2 Å². The van der Waals surface area contributed by atoms with E-state index in [1.54, 1.807) is 24.3 Å². The molecule has 0 aliphatic carbocycles. The Morgan fingerprint density at radius 3 is 2.41 bits per heavy atom. The zero-order valence-corrected chi connectivity index (χ0v) is 14.2. The molecule has 2 N–H and O–H groups in total. The van der Waals surface area contributed by atoms with E-state index in [1.807, 2.05) is 0 Å². The summed E-state index contributed by atoms with van der Waals surface area (Å²) in [4.78, 5) is 24.2. The summed E-state index contributed by atoms with van der Waals surface area (Å²) in [5, 5.41) is 11.9. The third-order valence-electron chi connectivity index (χ3n) is 4.66. The lowest BCUT2D eigenvalue weighted by Gasteiger charge is -2.22. The summed E-state index contributed by atoms with van der Waals surface area (Å²) in [5.41, 5.74) is -0.576. The smallest absolute Gasteiger partial charge is 0.416 e. The average molecular weight is 379 g/mol.